The SMILES string of the molecule is COCC12CN(S(=O)(=O)c3ccc4cc(Cl)ccc4c3)CC(=O)N1CC1(CCN(C(C)=O)CC1)O2. The van der Waals surface area contributed by atoms with Crippen molar-refractivity contribution in [2.75, 3.05) is 46.4 Å². The van der Waals surface area contributed by atoms with Crippen LogP contribution < -0.4 is 0 Å². The van der Waals surface area contributed by atoms with E-state index >= 15 is 0 Å². The maximum Gasteiger partial charge on any atom is 0.243 e. The zero-order chi connectivity index (χ0) is 25.0. The molecule has 188 valence electrons. The molecule has 0 radical (unpaired) electrons. The molecule has 2 aromatic rings. The Kier molecular flexibility index (Phi) is 6.08. The van der Waals surface area contributed by atoms with E-state index in [1.54, 1.807) is 40.1 Å². The molecule has 9 nitrogen and oxygen atoms in total. The van der Waals surface area contributed by atoms with Crippen molar-refractivity contribution in [1.29, 1.82) is 0 Å². The van der Waals surface area contributed by atoms with E-state index in [-0.39, 0.29) is 36.4 Å². The number of carbonyl (C=O) groups is 2. The number of sulfonamides is 1. The van der Waals surface area contributed by atoms with Gasteiger partial charge in [0.05, 0.1) is 36.7 Å². The molecule has 0 N–H and O–H groups in total. The van der Waals surface area contributed by atoms with E-state index in [1.807, 2.05) is 0 Å². The summed E-state index contributed by atoms with van der Waals surface area (Å²) in [6.07, 6.45) is 1.14. The van der Waals surface area contributed by atoms with Crippen LogP contribution in [-0.4, -0.2) is 92.1 Å². The number of piperidine rings is 1. The lowest BCUT2D eigenvalue weighted by atomic mass is 9.91. The topological polar surface area (TPSA) is 96.5 Å². The van der Waals surface area contributed by atoms with Crippen LogP contribution in [0.1, 0.15) is 19.8 Å². The van der Waals surface area contributed by atoms with Crippen LogP contribution in [-0.2, 0) is 29.1 Å². The zero-order valence-corrected chi connectivity index (χ0v) is 21.3. The molecule has 5 rings (SSSR count). The number of methoxy groups -OCH3 is 1. The number of rotatable bonds is 4. The van der Waals surface area contributed by atoms with Gasteiger partial charge in [0.15, 0.2) is 5.72 Å². The van der Waals surface area contributed by atoms with Crippen LogP contribution in [0.15, 0.2) is 41.3 Å². The minimum Gasteiger partial charge on any atom is -0.380 e. The van der Waals surface area contributed by atoms with E-state index in [1.165, 1.54) is 24.4 Å². The summed E-state index contributed by atoms with van der Waals surface area (Å²) in [5, 5.41) is 2.13. The van der Waals surface area contributed by atoms with Gasteiger partial charge < -0.3 is 19.3 Å². The lowest BCUT2D eigenvalue weighted by Crippen LogP contribution is -2.65. The smallest absolute Gasteiger partial charge is 0.243 e. The Balaban J connectivity index is 1.45. The fourth-order valence-electron chi connectivity index (χ4n) is 5.47. The molecule has 11 heteroatoms. The van der Waals surface area contributed by atoms with Crippen molar-refractivity contribution in [2.24, 2.45) is 0 Å². The first-order chi connectivity index (χ1) is 16.6. The predicted octanol–water partition coefficient (Wildman–Crippen LogP) is 2.08. The molecule has 1 atom stereocenters. The molecular weight excluding hydrogens is 494 g/mol. The van der Waals surface area contributed by atoms with E-state index < -0.39 is 21.3 Å². The van der Waals surface area contributed by atoms with E-state index in [4.69, 9.17) is 21.1 Å². The van der Waals surface area contributed by atoms with Crippen LogP contribution in [0, 0.1) is 0 Å². The summed E-state index contributed by atoms with van der Waals surface area (Å²) >= 11 is 6.05. The van der Waals surface area contributed by atoms with Gasteiger partial charge in [-0.3, -0.25) is 9.59 Å². The molecule has 1 spiro atoms. The Labute approximate surface area is 209 Å². The lowest BCUT2D eigenvalue weighted by Gasteiger charge is -2.44. The summed E-state index contributed by atoms with van der Waals surface area (Å²) in [5.74, 6) is -0.316. The van der Waals surface area contributed by atoms with Gasteiger partial charge in [0, 0.05) is 32.1 Å². The molecule has 2 aromatic carbocycles. The molecule has 3 aliphatic heterocycles. The molecule has 0 saturated carbocycles. The van der Waals surface area contributed by atoms with Gasteiger partial charge in [-0.1, -0.05) is 23.7 Å². The highest BCUT2D eigenvalue weighted by molar-refractivity contribution is 7.89. The number of likely N-dealkylation sites (tertiary alicyclic amines) is 1. The Hall–Kier alpha value is -2.24. The minimum atomic E-state index is -3.99. The zero-order valence-electron chi connectivity index (χ0n) is 19.7. The van der Waals surface area contributed by atoms with Crippen molar-refractivity contribution in [3.8, 4) is 0 Å². The molecular formula is C24H28ClN3O6S. The second-order valence-corrected chi connectivity index (χ2v) is 12.0. The number of fused-ring (bicyclic) bond motifs is 2. The maximum atomic E-state index is 13.7. The molecule has 3 aliphatic rings. The maximum absolute atomic E-state index is 13.7. The minimum absolute atomic E-state index is 0.00757. The molecule has 0 aromatic heterocycles. The quantitative estimate of drug-likeness (QED) is 0.611. The fourth-order valence-corrected chi connectivity index (χ4v) is 7.11. The van der Waals surface area contributed by atoms with Gasteiger partial charge in [0.2, 0.25) is 21.8 Å². The van der Waals surface area contributed by atoms with E-state index in [0.29, 0.717) is 37.5 Å². The highest BCUT2D eigenvalue weighted by Gasteiger charge is 2.60. The molecule has 3 saturated heterocycles. The van der Waals surface area contributed by atoms with Crippen molar-refractivity contribution in [1.82, 2.24) is 14.1 Å². The van der Waals surface area contributed by atoms with Crippen molar-refractivity contribution < 1.29 is 27.5 Å². The number of nitrogens with zero attached hydrogens (tertiary/aromatic N) is 3. The molecule has 1 unspecified atom stereocenters. The third-order valence-electron chi connectivity index (χ3n) is 7.28. The standard InChI is InChI=1S/C24H28ClN3O6S/c1-17(29)26-9-7-23(8-10-26)14-28-22(30)13-27(15-24(28,34-23)16-33-2)35(31,32)21-6-4-18-11-20(25)5-3-19(18)12-21/h3-6,11-12H,7-10,13-16H2,1-2H3. The van der Waals surface area contributed by atoms with Crippen molar-refractivity contribution >= 4 is 44.2 Å². The summed E-state index contributed by atoms with van der Waals surface area (Å²) in [6.45, 7) is 2.69. The number of benzene rings is 2. The number of ether oxygens (including phenoxy) is 2. The molecule has 3 fully saturated rings. The summed E-state index contributed by atoms with van der Waals surface area (Å²) in [7, 11) is -2.48. The first-order valence-electron chi connectivity index (χ1n) is 11.5. The summed E-state index contributed by atoms with van der Waals surface area (Å²) < 4.78 is 40.5. The third kappa shape index (κ3) is 4.21. The molecule has 0 bridgehead atoms. The number of halogens is 1. The molecule has 0 aliphatic carbocycles. The number of hydrogen-bond acceptors (Lipinski definition) is 6. The van der Waals surface area contributed by atoms with Gasteiger partial charge in [-0.25, -0.2) is 8.42 Å². The Morgan fingerprint density at radius 1 is 1.11 bits per heavy atom. The van der Waals surface area contributed by atoms with Gasteiger partial charge in [-0.2, -0.15) is 4.31 Å². The number of hydrogen-bond donors (Lipinski definition) is 0. The highest BCUT2D eigenvalue weighted by Crippen LogP contribution is 2.44. The second kappa shape index (κ2) is 8.70. The van der Waals surface area contributed by atoms with E-state index in [0.717, 1.165) is 10.8 Å². The summed E-state index contributed by atoms with van der Waals surface area (Å²) in [4.78, 5) is 28.6. The van der Waals surface area contributed by atoms with Crippen molar-refractivity contribution in [2.45, 2.75) is 36.0 Å². The number of piperazine rings is 1. The van der Waals surface area contributed by atoms with Crippen LogP contribution in [0.4, 0.5) is 0 Å². The highest BCUT2D eigenvalue weighted by atomic mass is 35.5. The average Bonchev–Trinajstić information content (AvgIpc) is 3.13. The number of carbonyl (C=O) groups excluding carboxylic acids is 2. The average molecular weight is 522 g/mol. The van der Waals surface area contributed by atoms with Crippen LogP contribution in [0.25, 0.3) is 10.8 Å². The first-order valence-corrected chi connectivity index (χ1v) is 13.3. The molecule has 3 heterocycles. The Morgan fingerprint density at radius 2 is 1.80 bits per heavy atom. The Bertz CT molecular complexity index is 1290. The van der Waals surface area contributed by atoms with E-state index in [2.05, 4.69) is 0 Å². The van der Waals surface area contributed by atoms with Gasteiger partial charge in [-0.15, -0.1) is 0 Å². The van der Waals surface area contributed by atoms with Crippen LogP contribution >= 0.6 is 11.6 Å². The molecule has 35 heavy (non-hydrogen) atoms. The van der Waals surface area contributed by atoms with Crippen LogP contribution in [0.2, 0.25) is 5.02 Å². The van der Waals surface area contributed by atoms with Crippen molar-refractivity contribution in [3.05, 3.63) is 41.4 Å². The first kappa shape index (κ1) is 24.5. The fraction of sp³-hybridized carbons (Fsp3) is 0.500. The third-order valence-corrected chi connectivity index (χ3v) is 9.30. The summed E-state index contributed by atoms with van der Waals surface area (Å²) in [6, 6.07) is 10.1. The predicted molar refractivity (Wildman–Crippen MR) is 129 cm³/mol. The summed E-state index contributed by atoms with van der Waals surface area (Å²) in [5.41, 5.74) is -1.86. The van der Waals surface area contributed by atoms with Gasteiger partial charge in [0.25, 0.3) is 0 Å². The van der Waals surface area contributed by atoms with Crippen LogP contribution in [0.5, 0.6) is 0 Å². The van der Waals surface area contributed by atoms with Gasteiger partial charge >= 0.3 is 0 Å². The monoisotopic (exact) mass is 521 g/mol. The van der Waals surface area contributed by atoms with Crippen LogP contribution in [0.3, 0.4) is 0 Å². The molecule has 2 amide bonds. The largest absolute Gasteiger partial charge is 0.380 e. The van der Waals surface area contributed by atoms with Gasteiger partial charge in [0.1, 0.15) is 0 Å². The van der Waals surface area contributed by atoms with Crippen molar-refractivity contribution in [3.63, 3.8) is 0 Å². The second-order valence-electron chi connectivity index (χ2n) is 9.58. The number of amides is 2. The van der Waals surface area contributed by atoms with E-state index in [9.17, 15) is 18.0 Å². The lowest BCUT2D eigenvalue weighted by molar-refractivity contribution is -0.197. The Morgan fingerprint density at radius 3 is 2.49 bits per heavy atom. The van der Waals surface area contributed by atoms with Gasteiger partial charge in [-0.05, 0) is 47.9 Å². The normalized spacial score (nSPS) is 24.8.